The van der Waals surface area contributed by atoms with Crippen molar-refractivity contribution in [1.82, 2.24) is 10.2 Å². The van der Waals surface area contributed by atoms with Crippen LogP contribution in [-0.4, -0.2) is 51.1 Å². The van der Waals surface area contributed by atoms with Crippen molar-refractivity contribution in [2.75, 3.05) is 39.2 Å². The highest BCUT2D eigenvalue weighted by Gasteiger charge is 2.22. The van der Waals surface area contributed by atoms with Gasteiger partial charge in [0, 0.05) is 50.5 Å². The van der Waals surface area contributed by atoms with Gasteiger partial charge in [-0.3, -0.25) is 9.59 Å². The Kier molecular flexibility index (Phi) is 16.1. The number of carbonyl (C=O) groups excluding carboxylic acids is 2. The Morgan fingerprint density at radius 1 is 1.27 bits per heavy atom. The molecule has 0 spiro atoms. The summed E-state index contributed by atoms with van der Waals surface area (Å²) < 4.78 is 25.8. The van der Waals surface area contributed by atoms with E-state index in [1.165, 1.54) is 30.4 Å². The summed E-state index contributed by atoms with van der Waals surface area (Å²) in [5.74, 6) is 0.275. The van der Waals surface area contributed by atoms with E-state index in [-0.39, 0.29) is 23.0 Å². The number of halogens is 2. The van der Waals surface area contributed by atoms with E-state index in [1.54, 1.807) is 11.9 Å². The van der Waals surface area contributed by atoms with Gasteiger partial charge < -0.3 is 25.0 Å². The van der Waals surface area contributed by atoms with Crippen LogP contribution in [0.4, 0.5) is 10.1 Å². The van der Waals surface area contributed by atoms with Crippen LogP contribution in [0.15, 0.2) is 42.1 Å². The summed E-state index contributed by atoms with van der Waals surface area (Å²) in [5.41, 5.74) is 3.87. The Hall–Kier alpha value is -3.54. The minimum Gasteiger partial charge on any atom is -0.493 e. The predicted molar refractivity (Wildman–Crippen MR) is 160 cm³/mol. The summed E-state index contributed by atoms with van der Waals surface area (Å²) in [6.07, 6.45) is 12.5. The predicted octanol–water partition coefficient (Wildman–Crippen LogP) is 5.92. The van der Waals surface area contributed by atoms with Gasteiger partial charge in [0.05, 0.1) is 24.3 Å². The second-order valence-electron chi connectivity index (χ2n) is 8.65. The van der Waals surface area contributed by atoms with Gasteiger partial charge in [0.15, 0.2) is 0 Å². The van der Waals surface area contributed by atoms with E-state index in [4.69, 9.17) is 21.1 Å². The summed E-state index contributed by atoms with van der Waals surface area (Å²) in [5, 5.41) is 5.69. The molecular weight excluding hydrogens is 533 g/mol. The third kappa shape index (κ3) is 9.89. The molecule has 2 amide bonds. The number of terminal acetylenes is 1. The number of hydrogen-bond acceptors (Lipinski definition) is 5. The van der Waals surface area contributed by atoms with Crippen LogP contribution < -0.4 is 15.4 Å². The number of nitrogens with zero attached hydrogens (tertiary/aromatic N) is 1. The number of nitrogens with one attached hydrogen (secondary N) is 2. The van der Waals surface area contributed by atoms with Crippen molar-refractivity contribution in [3.05, 3.63) is 69.6 Å². The average Bonchev–Trinajstić information content (AvgIpc) is 3.46. The van der Waals surface area contributed by atoms with Gasteiger partial charge in [-0.2, -0.15) is 0 Å². The number of ether oxygens (including phenoxy) is 2. The van der Waals surface area contributed by atoms with Gasteiger partial charge in [-0.15, -0.1) is 12.8 Å². The zero-order chi connectivity index (χ0) is 30.1. The summed E-state index contributed by atoms with van der Waals surface area (Å²) in [7, 11) is 3.21. The number of anilines is 1. The van der Waals surface area contributed by atoms with E-state index < -0.39 is 11.9 Å². The fourth-order valence-corrected chi connectivity index (χ4v) is 4.41. The maximum atomic E-state index is 14.7. The van der Waals surface area contributed by atoms with Crippen LogP contribution in [0.2, 0.25) is 5.02 Å². The summed E-state index contributed by atoms with van der Waals surface area (Å²) >= 11 is 5.94. The number of methoxy groups -OCH3 is 1. The Bertz CT molecular complexity index is 1150. The highest BCUT2D eigenvalue weighted by molar-refractivity contribution is 6.30. The molecule has 0 bridgehead atoms. The molecule has 0 saturated carbocycles. The molecule has 9 heteroatoms. The largest absolute Gasteiger partial charge is 0.493 e. The lowest BCUT2D eigenvalue weighted by atomic mass is 10.0. The topological polar surface area (TPSA) is 79.9 Å². The minimum absolute atomic E-state index is 0.0464. The van der Waals surface area contributed by atoms with Gasteiger partial charge in [-0.05, 0) is 49.1 Å². The molecule has 1 aliphatic rings. The van der Waals surface area contributed by atoms with E-state index >= 15 is 0 Å². The second-order valence-corrected chi connectivity index (χ2v) is 9.06. The lowest BCUT2D eigenvalue weighted by Crippen LogP contribution is -2.36. The molecule has 1 aliphatic heterocycles. The van der Waals surface area contributed by atoms with Gasteiger partial charge in [-0.1, -0.05) is 43.7 Å². The normalized spacial score (nSPS) is 12.4. The molecule has 2 N–H and O–H groups in total. The minimum atomic E-state index is -0.626. The summed E-state index contributed by atoms with van der Waals surface area (Å²) in [6, 6.07) is 9.14. The van der Waals surface area contributed by atoms with Crippen molar-refractivity contribution in [1.29, 1.82) is 0 Å². The van der Waals surface area contributed by atoms with E-state index in [2.05, 4.69) is 29.5 Å². The first-order valence-corrected chi connectivity index (χ1v) is 13.7. The molecule has 7 nitrogen and oxygen atoms in total. The number of benzene rings is 2. The molecule has 1 heterocycles. The number of allylic oxidation sites excluding steroid dienone is 2. The van der Waals surface area contributed by atoms with E-state index in [0.29, 0.717) is 37.9 Å². The van der Waals surface area contributed by atoms with Gasteiger partial charge in [0.25, 0.3) is 0 Å². The van der Waals surface area contributed by atoms with Crippen LogP contribution >= 0.6 is 11.6 Å². The van der Waals surface area contributed by atoms with Crippen LogP contribution in [-0.2, 0) is 27.2 Å². The zero-order valence-corrected chi connectivity index (χ0v) is 24.8. The van der Waals surface area contributed by atoms with Gasteiger partial charge in [0.2, 0.25) is 12.3 Å². The molecule has 40 heavy (non-hydrogen) atoms. The first kappa shape index (κ1) is 34.5. The molecule has 0 radical (unpaired) electrons. The number of rotatable bonds is 13. The number of fused-ring (bicyclic) bond motifs is 1. The van der Waals surface area contributed by atoms with Crippen molar-refractivity contribution in [3.63, 3.8) is 0 Å². The fraction of sp³-hybridized carbons (Fsp3) is 0.419. The molecule has 2 aromatic carbocycles. The number of likely N-dealkylation sites (N-methyl/N-ethyl adjacent to an activating group) is 1. The van der Waals surface area contributed by atoms with Gasteiger partial charge in [-0.25, -0.2) is 4.39 Å². The van der Waals surface area contributed by atoms with Gasteiger partial charge in [0.1, 0.15) is 11.6 Å². The summed E-state index contributed by atoms with van der Waals surface area (Å²) in [4.78, 5) is 25.2. The van der Waals surface area contributed by atoms with Crippen molar-refractivity contribution < 1.29 is 23.5 Å². The average molecular weight is 574 g/mol. The Morgan fingerprint density at radius 3 is 2.65 bits per heavy atom. The van der Waals surface area contributed by atoms with Crippen LogP contribution in [0.5, 0.6) is 5.75 Å². The molecular formula is C31H41ClFN3O4. The van der Waals surface area contributed by atoms with Crippen LogP contribution in [0.3, 0.4) is 0 Å². The molecule has 0 saturated heterocycles. The SMILES string of the molecule is C#C.C/C=C(/Cc1ccc2c(c1)CCO2)NCC(=O)N(C)CCCC(OC)c1c(NC=O)ccc(Cl)c1F.CC. The van der Waals surface area contributed by atoms with Crippen molar-refractivity contribution >= 4 is 29.6 Å². The molecule has 0 fully saturated rings. The Morgan fingerprint density at radius 2 is 2.00 bits per heavy atom. The van der Waals surface area contributed by atoms with Crippen LogP contribution in [0, 0.1) is 18.7 Å². The van der Waals surface area contributed by atoms with E-state index in [0.717, 1.165) is 24.5 Å². The zero-order valence-electron chi connectivity index (χ0n) is 24.1. The Labute approximate surface area is 243 Å². The van der Waals surface area contributed by atoms with Crippen molar-refractivity contribution in [2.45, 2.75) is 52.6 Å². The quantitative estimate of drug-likeness (QED) is 0.230. The Balaban J connectivity index is 0.00000191. The number of carbonyl (C=O) groups is 2. The first-order chi connectivity index (χ1) is 19.4. The lowest BCUT2D eigenvalue weighted by molar-refractivity contribution is -0.129. The van der Waals surface area contributed by atoms with E-state index in [9.17, 15) is 14.0 Å². The number of amides is 2. The van der Waals surface area contributed by atoms with Crippen molar-refractivity contribution in [3.8, 4) is 18.6 Å². The first-order valence-electron chi connectivity index (χ1n) is 13.3. The maximum Gasteiger partial charge on any atom is 0.241 e. The monoisotopic (exact) mass is 573 g/mol. The molecule has 0 aromatic heterocycles. The van der Waals surface area contributed by atoms with Crippen LogP contribution in [0.25, 0.3) is 0 Å². The molecule has 2 aromatic rings. The molecule has 218 valence electrons. The fourth-order valence-electron chi connectivity index (χ4n) is 4.25. The summed E-state index contributed by atoms with van der Waals surface area (Å²) in [6.45, 7) is 7.31. The van der Waals surface area contributed by atoms with Gasteiger partial charge >= 0.3 is 0 Å². The van der Waals surface area contributed by atoms with E-state index in [1.807, 2.05) is 39.0 Å². The molecule has 1 atom stereocenters. The molecule has 0 aliphatic carbocycles. The third-order valence-corrected chi connectivity index (χ3v) is 6.59. The lowest BCUT2D eigenvalue weighted by Gasteiger charge is -2.22. The molecule has 3 rings (SSSR count). The maximum absolute atomic E-state index is 14.7. The smallest absolute Gasteiger partial charge is 0.241 e. The third-order valence-electron chi connectivity index (χ3n) is 6.30. The standard InChI is InChI=1S/C27H33ClFN3O4.C2H6.C2H2/c1-4-20(15-18-7-10-23-19(14-18)11-13-36-23)30-16-25(34)32(2)12-5-6-24(35-3)26-22(31-17-33)9-8-21(28)27(26)29;2*1-2/h4,7-10,14,17,24,30H,5-6,11-13,15-16H2,1-3H3,(H,31,33);1-2H3;1-2H/b20-4-;;. The second kappa shape index (κ2) is 18.7. The highest BCUT2D eigenvalue weighted by atomic mass is 35.5. The molecule has 1 unspecified atom stereocenters. The number of hydrogen-bond donors (Lipinski definition) is 2. The van der Waals surface area contributed by atoms with Crippen LogP contribution in [0.1, 0.15) is 56.4 Å². The van der Waals surface area contributed by atoms with Crippen molar-refractivity contribution in [2.24, 2.45) is 0 Å². The highest BCUT2D eigenvalue weighted by Crippen LogP contribution is 2.34.